The van der Waals surface area contributed by atoms with Crippen LogP contribution >= 0.6 is 11.6 Å². The van der Waals surface area contributed by atoms with Crippen LogP contribution in [0.15, 0.2) is 54.1 Å². The van der Waals surface area contributed by atoms with Crippen molar-refractivity contribution in [2.75, 3.05) is 36.5 Å². The number of nitriles is 1. The molecule has 1 aromatic heterocycles. The molecule has 31 heavy (non-hydrogen) atoms. The highest BCUT2D eigenvalue weighted by atomic mass is 35.5. The second-order valence-corrected chi connectivity index (χ2v) is 7.35. The summed E-state index contributed by atoms with van der Waals surface area (Å²) in [6.07, 6.45) is 1.52. The van der Waals surface area contributed by atoms with E-state index in [0.717, 1.165) is 17.0 Å². The molecule has 0 atom stereocenters. The van der Waals surface area contributed by atoms with Gasteiger partial charge in [-0.3, -0.25) is 4.79 Å². The summed E-state index contributed by atoms with van der Waals surface area (Å²) < 4.78 is 18.8. The molecule has 1 aliphatic rings. The fraction of sp³-hybridized carbons (Fsp3) is 0.174. The number of halogens is 2. The number of nitrogens with one attached hydrogen (secondary N) is 1. The highest BCUT2D eigenvalue weighted by molar-refractivity contribution is 6.31. The summed E-state index contributed by atoms with van der Waals surface area (Å²) in [6, 6.07) is 15.3. The molecule has 0 radical (unpaired) electrons. The lowest BCUT2D eigenvalue weighted by atomic mass is 10.1. The minimum Gasteiger partial charge on any atom is -0.378 e. The van der Waals surface area contributed by atoms with Crippen molar-refractivity contribution in [1.29, 1.82) is 5.26 Å². The van der Waals surface area contributed by atoms with Gasteiger partial charge in [0.1, 0.15) is 23.3 Å². The Morgan fingerprint density at radius 1 is 1.23 bits per heavy atom. The molecule has 2 aromatic carbocycles. The first-order valence-corrected chi connectivity index (χ1v) is 10.0. The normalized spacial score (nSPS) is 14.4. The Labute approximate surface area is 183 Å². The molecule has 6 nitrogen and oxygen atoms in total. The van der Waals surface area contributed by atoms with E-state index in [9.17, 15) is 14.4 Å². The number of nitrogens with zero attached hydrogens (tertiary/aromatic N) is 3. The lowest BCUT2D eigenvalue weighted by Gasteiger charge is -2.29. The van der Waals surface area contributed by atoms with Crippen LogP contribution in [-0.2, 0) is 9.53 Å². The first-order valence-electron chi connectivity index (χ1n) is 9.66. The van der Waals surface area contributed by atoms with Gasteiger partial charge in [0.25, 0.3) is 5.91 Å². The average Bonchev–Trinajstić information content (AvgIpc) is 2.79. The van der Waals surface area contributed by atoms with Crippen LogP contribution < -0.4 is 10.2 Å². The molecule has 1 fully saturated rings. The number of rotatable bonds is 4. The number of hydrogen-bond acceptors (Lipinski definition) is 5. The van der Waals surface area contributed by atoms with E-state index in [-0.39, 0.29) is 10.6 Å². The average molecular weight is 437 g/mol. The van der Waals surface area contributed by atoms with Gasteiger partial charge in [0, 0.05) is 29.7 Å². The maximum Gasteiger partial charge on any atom is 0.266 e. The number of ether oxygens (including phenoxy) is 1. The van der Waals surface area contributed by atoms with Gasteiger partial charge in [-0.15, -0.1) is 0 Å². The number of carbonyl (C=O) groups is 1. The second kappa shape index (κ2) is 9.13. The molecular weight excluding hydrogens is 419 g/mol. The lowest BCUT2D eigenvalue weighted by molar-refractivity contribution is -0.112. The number of benzene rings is 2. The van der Waals surface area contributed by atoms with Crippen LogP contribution in [-0.4, -0.2) is 37.2 Å². The molecule has 1 aliphatic heterocycles. The van der Waals surface area contributed by atoms with Crippen LogP contribution in [0.3, 0.4) is 0 Å². The molecule has 156 valence electrons. The number of para-hydroxylation sites is 1. The Morgan fingerprint density at radius 2 is 2.00 bits per heavy atom. The zero-order valence-electron chi connectivity index (χ0n) is 16.4. The van der Waals surface area contributed by atoms with E-state index in [1.165, 1.54) is 18.2 Å². The van der Waals surface area contributed by atoms with Gasteiger partial charge in [0.05, 0.1) is 23.8 Å². The van der Waals surface area contributed by atoms with Crippen molar-refractivity contribution >= 4 is 46.0 Å². The molecule has 0 spiro atoms. The SMILES string of the molecule is N#CC(=Cc1cc2ccccc2nc1N1CCOCC1)C(=O)Nc1ccc(F)c(Cl)c1. The molecule has 1 amide bonds. The monoisotopic (exact) mass is 436 g/mol. The molecule has 4 rings (SSSR count). The van der Waals surface area contributed by atoms with Crippen molar-refractivity contribution in [2.45, 2.75) is 0 Å². The number of carbonyl (C=O) groups excluding carboxylic acids is 1. The summed E-state index contributed by atoms with van der Waals surface area (Å²) >= 11 is 5.77. The van der Waals surface area contributed by atoms with Gasteiger partial charge in [-0.05, 0) is 36.4 Å². The zero-order chi connectivity index (χ0) is 21.8. The first kappa shape index (κ1) is 20.8. The highest BCUT2D eigenvalue weighted by Gasteiger charge is 2.18. The molecule has 0 bridgehead atoms. The Kier molecular flexibility index (Phi) is 6.12. The quantitative estimate of drug-likeness (QED) is 0.484. The van der Waals surface area contributed by atoms with Crippen LogP contribution in [0.25, 0.3) is 17.0 Å². The van der Waals surface area contributed by atoms with Crippen LogP contribution in [0.4, 0.5) is 15.9 Å². The van der Waals surface area contributed by atoms with Gasteiger partial charge in [-0.2, -0.15) is 5.26 Å². The fourth-order valence-electron chi connectivity index (χ4n) is 3.33. The minimum absolute atomic E-state index is 0.105. The third-order valence-corrected chi connectivity index (χ3v) is 5.17. The summed E-state index contributed by atoms with van der Waals surface area (Å²) in [7, 11) is 0. The molecule has 2 heterocycles. The molecule has 3 aromatic rings. The topological polar surface area (TPSA) is 78.2 Å². The van der Waals surface area contributed by atoms with Crippen LogP contribution in [0.2, 0.25) is 5.02 Å². The summed E-state index contributed by atoms with van der Waals surface area (Å²) in [5.74, 6) is -0.522. The fourth-order valence-corrected chi connectivity index (χ4v) is 3.51. The maximum atomic E-state index is 13.4. The molecular formula is C23H18ClFN4O2. The third-order valence-electron chi connectivity index (χ3n) is 4.89. The van der Waals surface area contributed by atoms with E-state index in [0.29, 0.717) is 43.4 Å². The summed E-state index contributed by atoms with van der Waals surface area (Å²) in [5.41, 5.74) is 1.67. The first-order chi connectivity index (χ1) is 15.0. The standard InChI is InChI=1S/C23H18ClFN4O2/c24-19-13-18(5-6-20(19)25)27-23(30)17(14-26)12-16-11-15-3-1-2-4-21(15)28-22(16)29-7-9-31-10-8-29/h1-6,11-13H,7-10H2,(H,27,30). The number of aromatic nitrogens is 1. The number of fused-ring (bicyclic) bond motifs is 1. The van der Waals surface area contributed by atoms with Crippen LogP contribution in [0.5, 0.6) is 0 Å². The zero-order valence-corrected chi connectivity index (χ0v) is 17.2. The van der Waals surface area contributed by atoms with Gasteiger partial charge in [-0.25, -0.2) is 9.37 Å². The summed E-state index contributed by atoms with van der Waals surface area (Å²) in [5, 5.41) is 13.0. The van der Waals surface area contributed by atoms with Gasteiger partial charge < -0.3 is 15.0 Å². The van der Waals surface area contributed by atoms with E-state index >= 15 is 0 Å². The molecule has 1 saturated heterocycles. The number of anilines is 2. The largest absolute Gasteiger partial charge is 0.378 e. The maximum absolute atomic E-state index is 13.4. The highest BCUT2D eigenvalue weighted by Crippen LogP contribution is 2.27. The lowest BCUT2D eigenvalue weighted by Crippen LogP contribution is -2.37. The third kappa shape index (κ3) is 4.66. The molecule has 0 unspecified atom stereocenters. The second-order valence-electron chi connectivity index (χ2n) is 6.95. The van der Waals surface area contributed by atoms with Crippen LogP contribution in [0.1, 0.15) is 5.56 Å². The number of morpholine rings is 1. The molecule has 0 saturated carbocycles. The van der Waals surface area contributed by atoms with Crippen molar-refractivity contribution in [1.82, 2.24) is 4.98 Å². The van der Waals surface area contributed by atoms with Crippen molar-refractivity contribution in [2.24, 2.45) is 0 Å². The van der Waals surface area contributed by atoms with Crippen molar-refractivity contribution in [3.8, 4) is 6.07 Å². The molecule has 1 N–H and O–H groups in total. The Bertz CT molecular complexity index is 1220. The van der Waals surface area contributed by atoms with Crippen LogP contribution in [0, 0.1) is 17.1 Å². The molecule has 0 aliphatic carbocycles. The van der Waals surface area contributed by atoms with E-state index in [1.54, 1.807) is 0 Å². The number of pyridine rings is 1. The Hall–Kier alpha value is -3.47. The van der Waals surface area contributed by atoms with Crippen molar-refractivity contribution in [3.05, 3.63) is 70.5 Å². The van der Waals surface area contributed by atoms with Gasteiger partial charge >= 0.3 is 0 Å². The smallest absolute Gasteiger partial charge is 0.266 e. The van der Waals surface area contributed by atoms with E-state index in [2.05, 4.69) is 10.2 Å². The number of amides is 1. The molecule has 8 heteroatoms. The predicted molar refractivity (Wildman–Crippen MR) is 118 cm³/mol. The Morgan fingerprint density at radius 3 is 2.74 bits per heavy atom. The number of hydrogen-bond donors (Lipinski definition) is 1. The van der Waals surface area contributed by atoms with Crippen molar-refractivity contribution in [3.63, 3.8) is 0 Å². The van der Waals surface area contributed by atoms with Gasteiger partial charge in [-0.1, -0.05) is 29.8 Å². The van der Waals surface area contributed by atoms with E-state index < -0.39 is 11.7 Å². The summed E-state index contributed by atoms with van der Waals surface area (Å²) in [6.45, 7) is 2.48. The predicted octanol–water partition coefficient (Wildman–Crippen LogP) is 4.41. The van der Waals surface area contributed by atoms with Crippen molar-refractivity contribution < 1.29 is 13.9 Å². The summed E-state index contributed by atoms with van der Waals surface area (Å²) in [4.78, 5) is 19.6. The van der Waals surface area contributed by atoms with E-state index in [1.807, 2.05) is 36.4 Å². The van der Waals surface area contributed by atoms with Gasteiger partial charge in [0.15, 0.2) is 0 Å². The Balaban J connectivity index is 1.71. The van der Waals surface area contributed by atoms with E-state index in [4.69, 9.17) is 21.3 Å². The van der Waals surface area contributed by atoms with Gasteiger partial charge in [0.2, 0.25) is 0 Å². The minimum atomic E-state index is -0.619.